The maximum Gasteiger partial charge on any atom is 0.417 e. The van der Waals surface area contributed by atoms with Gasteiger partial charge in [-0.25, -0.2) is 8.42 Å². The van der Waals surface area contributed by atoms with E-state index in [9.17, 15) is 21.6 Å². The number of ether oxygens (including phenoxy) is 1. The third-order valence-corrected chi connectivity index (χ3v) is 6.57. The van der Waals surface area contributed by atoms with Crippen LogP contribution in [0.25, 0.3) is 11.0 Å². The normalized spacial score (nSPS) is 15.2. The average molecular weight is 506 g/mol. The fraction of sp³-hybridized carbons (Fsp3) is 0.333. The summed E-state index contributed by atoms with van der Waals surface area (Å²) in [5.41, 5.74) is -0.0151. The van der Waals surface area contributed by atoms with Crippen molar-refractivity contribution in [1.82, 2.24) is 4.90 Å². The van der Waals surface area contributed by atoms with Gasteiger partial charge in [0.15, 0.2) is 5.58 Å². The highest BCUT2D eigenvalue weighted by molar-refractivity contribution is 7.92. The van der Waals surface area contributed by atoms with Crippen molar-refractivity contribution in [1.29, 1.82) is 0 Å². The molecule has 0 radical (unpaired) electrons. The van der Waals surface area contributed by atoms with Crippen LogP contribution in [0, 0.1) is 0 Å². The van der Waals surface area contributed by atoms with Gasteiger partial charge in [0.1, 0.15) is 0 Å². The van der Waals surface area contributed by atoms with E-state index in [1.807, 2.05) is 0 Å². The van der Waals surface area contributed by atoms with E-state index in [-0.39, 0.29) is 18.1 Å². The van der Waals surface area contributed by atoms with Gasteiger partial charge in [-0.2, -0.15) is 13.2 Å². The number of hydrogen-bond donors (Lipinski definition) is 2. The minimum atomic E-state index is -4.80. The van der Waals surface area contributed by atoms with Gasteiger partial charge in [-0.05, 0) is 30.3 Å². The smallest absolute Gasteiger partial charge is 0.417 e. The fourth-order valence-corrected chi connectivity index (χ4v) is 4.86. The van der Waals surface area contributed by atoms with Crippen LogP contribution in [-0.4, -0.2) is 52.7 Å². The van der Waals surface area contributed by atoms with Gasteiger partial charge in [-0.1, -0.05) is 12.1 Å². The zero-order valence-corrected chi connectivity index (χ0v) is 19.0. The van der Waals surface area contributed by atoms with Gasteiger partial charge in [0.2, 0.25) is 0 Å². The summed E-state index contributed by atoms with van der Waals surface area (Å²) in [6.45, 7) is 4.34. The molecule has 2 N–H and O–H groups in total. The lowest BCUT2D eigenvalue weighted by Gasteiger charge is -2.26. The van der Waals surface area contributed by atoms with Crippen LogP contribution < -0.4 is 10.0 Å². The first kappa shape index (κ1) is 25.2. The number of morpholine rings is 1. The molecule has 0 bridgehead atoms. The molecular formula is C21H23ClF3N3O4S. The standard InChI is InChI=1S/C21H22F3N3O4S.ClH/c22-21(23,24)17-3-1-2-4-19(17)32(28,29)26-16-13-15-5-10-31-20(15)18(14-16)25-6-7-27-8-11-30-12-9-27;/h1-5,10,13-14,25-26H,6-9,11-12H2;1H. The summed E-state index contributed by atoms with van der Waals surface area (Å²) >= 11 is 0. The third-order valence-electron chi connectivity index (χ3n) is 5.13. The molecule has 3 aromatic rings. The van der Waals surface area contributed by atoms with Crippen molar-refractivity contribution in [3.05, 3.63) is 54.3 Å². The maximum atomic E-state index is 13.3. The van der Waals surface area contributed by atoms with Crippen LogP contribution in [0.5, 0.6) is 0 Å². The van der Waals surface area contributed by atoms with Crippen LogP contribution in [0.4, 0.5) is 24.5 Å². The molecule has 2 heterocycles. The Balaban J connectivity index is 0.00000306. The summed E-state index contributed by atoms with van der Waals surface area (Å²) in [6, 6.07) is 8.76. The zero-order valence-electron chi connectivity index (χ0n) is 17.4. The molecular weight excluding hydrogens is 483 g/mol. The molecule has 2 aromatic carbocycles. The number of benzene rings is 2. The van der Waals surface area contributed by atoms with Crippen LogP contribution in [-0.2, 0) is 20.9 Å². The number of hydrogen-bond acceptors (Lipinski definition) is 6. The van der Waals surface area contributed by atoms with Crippen LogP contribution in [0.15, 0.2) is 58.0 Å². The van der Waals surface area contributed by atoms with Crippen molar-refractivity contribution in [3.8, 4) is 0 Å². The van der Waals surface area contributed by atoms with Crippen LogP contribution in [0.3, 0.4) is 0 Å². The fourth-order valence-electron chi connectivity index (χ4n) is 3.59. The van der Waals surface area contributed by atoms with E-state index >= 15 is 0 Å². The van der Waals surface area contributed by atoms with Crippen molar-refractivity contribution < 1.29 is 30.7 Å². The second-order valence-corrected chi connectivity index (χ2v) is 8.99. The lowest BCUT2D eigenvalue weighted by Crippen LogP contribution is -2.39. The zero-order chi connectivity index (χ0) is 22.8. The minimum Gasteiger partial charge on any atom is -0.462 e. The molecule has 33 heavy (non-hydrogen) atoms. The first-order valence-electron chi connectivity index (χ1n) is 9.98. The lowest BCUT2D eigenvalue weighted by atomic mass is 10.2. The largest absolute Gasteiger partial charge is 0.462 e. The maximum absolute atomic E-state index is 13.3. The molecule has 180 valence electrons. The quantitative estimate of drug-likeness (QED) is 0.494. The Kier molecular flexibility index (Phi) is 7.78. The van der Waals surface area contributed by atoms with Crippen LogP contribution in [0.1, 0.15) is 5.56 Å². The molecule has 7 nitrogen and oxygen atoms in total. The van der Waals surface area contributed by atoms with E-state index in [2.05, 4.69) is 14.9 Å². The van der Waals surface area contributed by atoms with Gasteiger partial charge in [0, 0.05) is 31.6 Å². The first-order chi connectivity index (χ1) is 15.2. The Hall–Kier alpha value is -2.47. The molecule has 1 aromatic heterocycles. The number of nitrogens with one attached hydrogen (secondary N) is 2. The number of sulfonamides is 1. The first-order valence-corrected chi connectivity index (χ1v) is 11.5. The van der Waals surface area contributed by atoms with Gasteiger partial charge in [0.05, 0.1) is 41.3 Å². The van der Waals surface area contributed by atoms with Crippen molar-refractivity contribution in [3.63, 3.8) is 0 Å². The highest BCUT2D eigenvalue weighted by Gasteiger charge is 2.37. The Morgan fingerprint density at radius 3 is 2.52 bits per heavy atom. The summed E-state index contributed by atoms with van der Waals surface area (Å²) in [4.78, 5) is 1.40. The number of halogens is 4. The van der Waals surface area contributed by atoms with Gasteiger partial charge in [-0.15, -0.1) is 12.4 Å². The summed E-state index contributed by atoms with van der Waals surface area (Å²) < 4.78 is 78.7. The van der Waals surface area contributed by atoms with E-state index in [1.165, 1.54) is 24.5 Å². The summed E-state index contributed by atoms with van der Waals surface area (Å²) in [7, 11) is -4.48. The van der Waals surface area contributed by atoms with Crippen LogP contribution >= 0.6 is 12.4 Å². The highest BCUT2D eigenvalue weighted by atomic mass is 35.5. The van der Waals surface area contributed by atoms with E-state index in [0.717, 1.165) is 37.8 Å². The SMILES string of the molecule is Cl.O=S(=O)(Nc1cc(NCCN2CCOCC2)c2occc2c1)c1ccccc1C(F)(F)F. The van der Waals surface area contributed by atoms with Crippen molar-refractivity contribution in [2.75, 3.05) is 49.4 Å². The molecule has 4 rings (SSSR count). The monoisotopic (exact) mass is 505 g/mol. The molecule has 0 saturated carbocycles. The number of alkyl halides is 3. The predicted octanol–water partition coefficient (Wildman–Crippen LogP) is 4.42. The van der Waals surface area contributed by atoms with Crippen molar-refractivity contribution >= 4 is 44.8 Å². The minimum absolute atomic E-state index is 0. The van der Waals surface area contributed by atoms with E-state index < -0.39 is 26.7 Å². The topological polar surface area (TPSA) is 83.8 Å². The highest BCUT2D eigenvalue weighted by Crippen LogP contribution is 2.35. The molecule has 1 aliphatic heterocycles. The molecule has 1 aliphatic rings. The second kappa shape index (κ2) is 10.2. The van der Waals surface area contributed by atoms with Gasteiger partial charge in [-0.3, -0.25) is 9.62 Å². The van der Waals surface area contributed by atoms with Crippen LogP contribution in [0.2, 0.25) is 0 Å². The van der Waals surface area contributed by atoms with Gasteiger partial charge >= 0.3 is 6.18 Å². The number of nitrogens with zero attached hydrogens (tertiary/aromatic N) is 1. The Labute approximate surface area is 195 Å². The Bertz CT molecular complexity index is 1190. The van der Waals surface area contributed by atoms with Crippen molar-refractivity contribution in [2.24, 2.45) is 0 Å². The average Bonchev–Trinajstić information content (AvgIpc) is 3.22. The Morgan fingerprint density at radius 2 is 1.79 bits per heavy atom. The lowest BCUT2D eigenvalue weighted by molar-refractivity contribution is -0.139. The number of rotatable bonds is 7. The van der Waals surface area contributed by atoms with Gasteiger partial charge in [0.25, 0.3) is 10.0 Å². The third kappa shape index (κ3) is 5.91. The Morgan fingerprint density at radius 1 is 1.06 bits per heavy atom. The number of furan rings is 1. The summed E-state index contributed by atoms with van der Waals surface area (Å²) in [6.07, 6.45) is -3.33. The summed E-state index contributed by atoms with van der Waals surface area (Å²) in [5.74, 6) is 0. The molecule has 0 unspecified atom stereocenters. The molecule has 0 aliphatic carbocycles. The van der Waals surface area contributed by atoms with Gasteiger partial charge < -0.3 is 14.5 Å². The molecule has 0 atom stereocenters. The van der Waals surface area contributed by atoms with E-state index in [1.54, 1.807) is 6.07 Å². The number of anilines is 2. The molecule has 0 amide bonds. The number of fused-ring (bicyclic) bond motifs is 1. The summed E-state index contributed by atoms with van der Waals surface area (Å²) in [5, 5.41) is 3.85. The molecule has 1 fully saturated rings. The van der Waals surface area contributed by atoms with E-state index in [0.29, 0.717) is 36.4 Å². The van der Waals surface area contributed by atoms with E-state index in [4.69, 9.17) is 9.15 Å². The predicted molar refractivity (Wildman–Crippen MR) is 121 cm³/mol. The molecule has 1 saturated heterocycles. The van der Waals surface area contributed by atoms with Crippen molar-refractivity contribution in [2.45, 2.75) is 11.1 Å². The second-order valence-electron chi connectivity index (χ2n) is 7.34. The molecule has 0 spiro atoms. The molecule has 12 heteroatoms.